The number of carboxylic acid groups (broad SMARTS) is 1. The van der Waals surface area contributed by atoms with Gasteiger partial charge in [-0.2, -0.15) is 26.3 Å². The first-order valence-electron chi connectivity index (χ1n) is 22.8. The number of hydrogen-bond acceptors (Lipinski definition) is 11. The predicted octanol–water partition coefficient (Wildman–Crippen LogP) is 7.59. The van der Waals surface area contributed by atoms with E-state index < -0.39 is 118 Å². The number of ether oxygens (including phenoxy) is 2. The van der Waals surface area contributed by atoms with Crippen LogP contribution in [0.2, 0.25) is 0 Å². The summed E-state index contributed by atoms with van der Waals surface area (Å²) in [7, 11) is -4.10. The highest BCUT2D eigenvalue weighted by Gasteiger charge is 2.66. The van der Waals surface area contributed by atoms with Crippen molar-refractivity contribution in [2.75, 3.05) is 19.8 Å². The number of nitrogens with zero attached hydrogens (tertiary/aromatic N) is 4. The second-order valence-electron chi connectivity index (χ2n) is 18.7. The van der Waals surface area contributed by atoms with Crippen LogP contribution in [0.25, 0.3) is 22.0 Å². The number of thiazole rings is 1. The van der Waals surface area contributed by atoms with Crippen molar-refractivity contribution < 1.29 is 68.5 Å². The molecule has 69 heavy (non-hydrogen) atoms. The van der Waals surface area contributed by atoms with E-state index in [1.54, 1.807) is 24.5 Å². The SMILES string of the molecule is CC[C@@H]1C[C@H](C)CCC=C[C@@H]2C[C@@]2(C(=O)NS(=O)(=O)C2CC2)NC(=O)[C@@H]2C[C@@H](Oc3cc(-c4ccc(C(F)(F)F)cc4)nc(-c4nccs4)c3)CN2C(=O)[C@H]1N(C(=O)O)C1(C(F)(F)F)CCCOC1. The lowest BCUT2D eigenvalue weighted by Gasteiger charge is -2.50. The smallest absolute Gasteiger partial charge is 0.416 e. The quantitative estimate of drug-likeness (QED) is 0.134. The molecule has 0 bridgehead atoms. The van der Waals surface area contributed by atoms with E-state index in [9.17, 15) is 41.1 Å². The van der Waals surface area contributed by atoms with Crippen LogP contribution in [0.5, 0.6) is 5.75 Å². The van der Waals surface area contributed by atoms with Gasteiger partial charge in [0.15, 0.2) is 5.54 Å². The van der Waals surface area contributed by atoms with Crippen molar-refractivity contribution in [2.45, 2.75) is 125 Å². The molecule has 3 aliphatic heterocycles. The standard InChI is InChI=1S/C46H52F6N6O9S2/c1-3-27-19-26(2)7-4-5-8-30-23-44(30,41(61)56-69(64,65)33-13-14-33)55-38(59)36-22-32(24-57(36)40(60)37(27)58(42(62)63)43(46(50,51)52)15-6-17-66-25-43)67-31-20-34(54-35(21-31)39-53-16-18-68-39)28-9-11-29(12-10-28)45(47,48)49/h5,8-12,16,18,20-21,26-27,30,32-33,36-37H,3-4,6-7,13-15,17,19,22-25H2,1-2H3,(H,55,59)(H,56,61)(H,62,63)/t26-,27-,30-,32-,36+,37+,43?,44-/m1/s1. The molecule has 2 aromatic heterocycles. The van der Waals surface area contributed by atoms with Gasteiger partial charge in [-0.05, 0) is 75.3 Å². The van der Waals surface area contributed by atoms with Crippen LogP contribution in [0.15, 0.2) is 60.1 Å². The van der Waals surface area contributed by atoms with Gasteiger partial charge in [-0.25, -0.2) is 23.2 Å². The van der Waals surface area contributed by atoms with Gasteiger partial charge in [-0.3, -0.25) is 24.0 Å². The molecule has 2 saturated heterocycles. The average Bonchev–Trinajstić information content (AvgIpc) is 4.16. The summed E-state index contributed by atoms with van der Waals surface area (Å²) in [6, 6.07) is 3.53. The fraction of sp³-hybridized carbons (Fsp3) is 0.565. The van der Waals surface area contributed by atoms with Gasteiger partial charge in [0.25, 0.3) is 5.91 Å². The molecule has 3 aromatic rings. The van der Waals surface area contributed by atoms with Gasteiger partial charge in [-0.15, -0.1) is 11.3 Å². The number of amides is 4. The maximum absolute atomic E-state index is 15.6. The van der Waals surface area contributed by atoms with E-state index >= 15 is 18.0 Å². The van der Waals surface area contributed by atoms with E-state index in [1.165, 1.54) is 41.8 Å². The van der Waals surface area contributed by atoms with Crippen molar-refractivity contribution >= 4 is 45.2 Å². The van der Waals surface area contributed by atoms with Crippen LogP contribution >= 0.6 is 11.3 Å². The van der Waals surface area contributed by atoms with Gasteiger partial charge < -0.3 is 24.8 Å². The second kappa shape index (κ2) is 19.1. The molecule has 374 valence electrons. The zero-order valence-electron chi connectivity index (χ0n) is 37.6. The third kappa shape index (κ3) is 10.3. The first-order valence-corrected chi connectivity index (χ1v) is 25.3. The molecule has 8 atom stereocenters. The number of allylic oxidation sites excluding steroid dienone is 1. The van der Waals surface area contributed by atoms with Gasteiger partial charge in [0.2, 0.25) is 21.8 Å². The Kier molecular flexibility index (Phi) is 13.9. The van der Waals surface area contributed by atoms with Gasteiger partial charge in [-0.1, -0.05) is 44.6 Å². The average molecular weight is 1010 g/mol. The van der Waals surface area contributed by atoms with E-state index in [0.717, 1.165) is 17.0 Å². The topological polar surface area (TPSA) is 197 Å². The van der Waals surface area contributed by atoms with Crippen molar-refractivity contribution in [2.24, 2.45) is 17.8 Å². The van der Waals surface area contributed by atoms with Crippen LogP contribution in [0.3, 0.4) is 0 Å². The van der Waals surface area contributed by atoms with Gasteiger partial charge in [0, 0.05) is 48.2 Å². The van der Waals surface area contributed by atoms with Crippen molar-refractivity contribution in [1.82, 2.24) is 29.8 Å². The van der Waals surface area contributed by atoms with E-state index in [4.69, 9.17) is 9.47 Å². The van der Waals surface area contributed by atoms with E-state index in [0.29, 0.717) is 30.7 Å². The Morgan fingerprint density at radius 2 is 1.80 bits per heavy atom. The summed E-state index contributed by atoms with van der Waals surface area (Å²) in [5, 5.41) is 14.9. The molecule has 4 fully saturated rings. The third-order valence-corrected chi connectivity index (χ3v) is 16.5. The van der Waals surface area contributed by atoms with Gasteiger partial charge >= 0.3 is 18.4 Å². The van der Waals surface area contributed by atoms with Crippen LogP contribution in [0, 0.1) is 17.8 Å². The summed E-state index contributed by atoms with van der Waals surface area (Å²) in [4.78, 5) is 68.1. The lowest BCUT2D eigenvalue weighted by Crippen LogP contribution is -2.71. The molecule has 5 heterocycles. The van der Waals surface area contributed by atoms with Crippen molar-refractivity contribution in [1.29, 1.82) is 0 Å². The van der Waals surface area contributed by atoms with Crippen LogP contribution < -0.4 is 14.8 Å². The number of aromatic nitrogens is 2. The number of carbonyl (C=O) groups is 4. The molecule has 1 unspecified atom stereocenters. The number of halogens is 6. The number of alkyl halides is 6. The van der Waals surface area contributed by atoms with Crippen LogP contribution in [0.4, 0.5) is 31.1 Å². The molecule has 0 radical (unpaired) electrons. The predicted molar refractivity (Wildman–Crippen MR) is 238 cm³/mol. The second-order valence-corrected chi connectivity index (χ2v) is 21.6. The van der Waals surface area contributed by atoms with Gasteiger partial charge in [0.05, 0.1) is 29.7 Å². The number of benzene rings is 1. The Morgan fingerprint density at radius 1 is 1.07 bits per heavy atom. The molecular weight excluding hydrogens is 959 g/mol. The lowest BCUT2D eigenvalue weighted by atomic mass is 9.80. The van der Waals surface area contributed by atoms with Crippen molar-refractivity contribution in [3.63, 3.8) is 0 Å². The summed E-state index contributed by atoms with van der Waals surface area (Å²) < 4.78 is 127. The minimum absolute atomic E-state index is 0.0118. The number of fused-ring (bicyclic) bond motifs is 2. The molecule has 2 aliphatic carbocycles. The molecule has 5 aliphatic rings. The monoisotopic (exact) mass is 1010 g/mol. The largest absolute Gasteiger partial charge is 0.488 e. The third-order valence-electron chi connectivity index (χ3n) is 13.9. The molecular formula is C46H52F6N6O9S2. The van der Waals surface area contributed by atoms with Crippen molar-refractivity contribution in [3.8, 4) is 27.7 Å². The maximum atomic E-state index is 15.6. The Bertz CT molecular complexity index is 2550. The van der Waals surface area contributed by atoms with Crippen LogP contribution in [-0.2, 0) is 35.3 Å². The maximum Gasteiger partial charge on any atom is 0.416 e. The Balaban J connectivity index is 1.22. The Morgan fingerprint density at radius 3 is 2.41 bits per heavy atom. The molecule has 4 amide bonds. The molecule has 3 N–H and O–H groups in total. The Labute approximate surface area is 398 Å². The summed E-state index contributed by atoms with van der Waals surface area (Å²) in [6.45, 7) is 1.85. The summed E-state index contributed by atoms with van der Waals surface area (Å²) in [5.41, 5.74) is -5.16. The zero-order chi connectivity index (χ0) is 49.7. The minimum atomic E-state index is -5.21. The summed E-state index contributed by atoms with van der Waals surface area (Å²) >= 11 is 1.20. The molecule has 2 saturated carbocycles. The fourth-order valence-electron chi connectivity index (χ4n) is 9.93. The number of nitrogens with one attached hydrogen (secondary N) is 2. The number of carbonyl (C=O) groups excluding carboxylic acids is 3. The molecule has 15 nitrogen and oxygen atoms in total. The normalized spacial score (nSPS) is 29.2. The summed E-state index contributed by atoms with van der Waals surface area (Å²) in [6.07, 6.45) is -7.50. The van der Waals surface area contributed by atoms with E-state index in [-0.39, 0.29) is 72.2 Å². The summed E-state index contributed by atoms with van der Waals surface area (Å²) in [5.74, 6) is -4.95. The first-order chi connectivity index (χ1) is 32.6. The highest BCUT2D eigenvalue weighted by molar-refractivity contribution is 7.91. The number of hydrogen-bond donors (Lipinski definition) is 3. The van der Waals surface area contributed by atoms with Crippen molar-refractivity contribution in [3.05, 3.63) is 65.7 Å². The molecule has 0 spiro atoms. The van der Waals surface area contributed by atoms with E-state index in [2.05, 4.69) is 20.0 Å². The fourth-order valence-corrected chi connectivity index (χ4v) is 11.9. The first kappa shape index (κ1) is 50.1. The number of pyridine rings is 1. The lowest BCUT2D eigenvalue weighted by molar-refractivity contribution is -0.260. The zero-order valence-corrected chi connectivity index (χ0v) is 39.2. The number of sulfonamides is 1. The minimum Gasteiger partial charge on any atom is -0.488 e. The molecule has 1 aromatic carbocycles. The highest BCUT2D eigenvalue weighted by atomic mass is 32.2. The van der Waals surface area contributed by atoms with Gasteiger partial charge in [0.1, 0.15) is 40.2 Å². The van der Waals surface area contributed by atoms with Crippen LogP contribution in [-0.4, -0.2) is 118 Å². The van der Waals surface area contributed by atoms with Crippen LogP contribution in [0.1, 0.15) is 83.6 Å². The molecule has 23 heteroatoms. The number of rotatable bonds is 10. The van der Waals surface area contributed by atoms with E-state index in [1.807, 2.05) is 6.92 Å². The molecule has 8 rings (SSSR count). The Hall–Kier alpha value is -5.29. The highest BCUT2D eigenvalue weighted by Crippen LogP contribution is 2.48.